The summed E-state index contributed by atoms with van der Waals surface area (Å²) < 4.78 is 5.03. The van der Waals surface area contributed by atoms with Gasteiger partial charge in [0.05, 0.1) is 18.8 Å². The first-order valence-electron chi connectivity index (χ1n) is 4.73. The molecule has 102 valence electrons. The fourth-order valence-electron chi connectivity index (χ4n) is 1.37. The van der Waals surface area contributed by atoms with Crippen LogP contribution in [0, 0.1) is 6.92 Å². The van der Waals surface area contributed by atoms with E-state index >= 15 is 0 Å². The van der Waals surface area contributed by atoms with Crippen molar-refractivity contribution in [2.24, 2.45) is 5.11 Å². The molecule has 0 radical (unpaired) electrons. The summed E-state index contributed by atoms with van der Waals surface area (Å²) in [7, 11) is 0. The Kier molecular flexibility index (Phi) is 6.72. The fraction of sp³-hybridized carbons (Fsp3) is 0.500. The summed E-state index contributed by atoms with van der Waals surface area (Å²) in [6.07, 6.45) is -0.819. The summed E-state index contributed by atoms with van der Waals surface area (Å²) in [6.45, 7) is 2.40. The van der Waals surface area contributed by atoms with Crippen molar-refractivity contribution in [3.05, 3.63) is 21.5 Å². The van der Waals surface area contributed by atoms with Crippen LogP contribution in [-0.2, 0) is 17.5 Å². The number of halogens is 1. The Morgan fingerprint density at radius 1 is 1.83 bits per heavy atom. The Labute approximate surface area is 127 Å². The molecule has 1 aliphatic heterocycles. The summed E-state index contributed by atoms with van der Waals surface area (Å²) in [5.74, 6) is 0. The van der Waals surface area contributed by atoms with E-state index in [1.807, 2.05) is 12.3 Å². The quantitative estimate of drug-likeness (QED) is 0.243. The average molecular weight is 430 g/mol. The predicted molar refractivity (Wildman–Crippen MR) is 72.5 cm³/mol. The molecule has 0 aliphatic carbocycles. The fourth-order valence-corrected chi connectivity index (χ4v) is 2.17. The zero-order valence-corrected chi connectivity index (χ0v) is 13.1. The van der Waals surface area contributed by atoms with Crippen molar-refractivity contribution in [3.63, 3.8) is 0 Å². The monoisotopic (exact) mass is 429 g/mol. The first kappa shape index (κ1) is 15.5. The Morgan fingerprint density at radius 2 is 2.56 bits per heavy atom. The van der Waals surface area contributed by atoms with Gasteiger partial charge in [-0.1, -0.05) is 5.11 Å². The predicted octanol–water partition coefficient (Wildman–Crippen LogP) is 2.97. The van der Waals surface area contributed by atoms with Crippen molar-refractivity contribution in [2.45, 2.75) is 13.0 Å². The third kappa shape index (κ3) is 3.99. The van der Waals surface area contributed by atoms with Gasteiger partial charge in [0.2, 0.25) is 0 Å². The second-order valence-electron chi connectivity index (χ2n) is 3.30. The van der Waals surface area contributed by atoms with Gasteiger partial charge in [0, 0.05) is 10.3 Å². The number of thiazole rings is 1. The van der Waals surface area contributed by atoms with Gasteiger partial charge in [0.25, 0.3) is 0 Å². The molecule has 1 aliphatic rings. The number of ether oxygens (including phenoxy) is 1. The number of aromatic nitrogens is 1. The number of cyclic esters (lactones) is 1. The molecule has 0 bridgehead atoms. The zero-order valence-electron chi connectivity index (χ0n) is 9.21. The first-order valence-corrected chi connectivity index (χ1v) is 8.65. The Bertz CT molecular complexity index is 464. The van der Waals surface area contributed by atoms with E-state index in [1.165, 1.54) is 16.2 Å². The molecule has 2 heterocycles. The number of anilines is 1. The molecule has 1 saturated heterocycles. The van der Waals surface area contributed by atoms with E-state index in [1.54, 1.807) is 20.3 Å². The van der Waals surface area contributed by atoms with Gasteiger partial charge in [-0.25, -0.2) is 14.7 Å². The molecular formula is C8H9CuIN5O2S. The standard InChI is InChI=1S/C8H9N5O2S.Cu.HI/c1-5-4-16-7(11-5)13-3-6(2-10-12-9)15-8(13)14;;/h4,6H,2-3H2,1H3;;1H/q;+1;/p-1/t6-;;/m0../s1. The van der Waals surface area contributed by atoms with Crippen LogP contribution in [0.4, 0.5) is 9.93 Å². The van der Waals surface area contributed by atoms with Crippen molar-refractivity contribution in [1.82, 2.24) is 4.98 Å². The molecule has 7 nitrogen and oxygen atoms in total. The van der Waals surface area contributed by atoms with E-state index < -0.39 is 6.09 Å². The number of aryl methyl sites for hydroxylation is 1. The molecular weight excluding hydrogens is 421 g/mol. The van der Waals surface area contributed by atoms with Crippen LogP contribution in [0.15, 0.2) is 10.5 Å². The molecule has 0 aromatic carbocycles. The van der Waals surface area contributed by atoms with E-state index in [4.69, 9.17) is 10.3 Å². The minimum atomic E-state index is -0.438. The van der Waals surface area contributed by atoms with Crippen LogP contribution in [0.5, 0.6) is 0 Å². The van der Waals surface area contributed by atoms with Crippen molar-refractivity contribution in [3.8, 4) is 0 Å². The van der Waals surface area contributed by atoms with Crippen molar-refractivity contribution < 1.29 is 22.3 Å². The second kappa shape index (κ2) is 7.80. The van der Waals surface area contributed by atoms with Crippen LogP contribution in [0.2, 0.25) is 0 Å². The molecule has 0 spiro atoms. The van der Waals surface area contributed by atoms with Crippen LogP contribution in [-0.4, -0.2) is 30.3 Å². The number of hydrogen-bond donors (Lipinski definition) is 0. The van der Waals surface area contributed by atoms with Crippen molar-refractivity contribution in [1.29, 1.82) is 0 Å². The molecule has 10 heteroatoms. The van der Waals surface area contributed by atoms with Gasteiger partial charge in [-0.3, -0.25) is 0 Å². The molecule has 1 atom stereocenters. The van der Waals surface area contributed by atoms with Gasteiger partial charge in [-0.15, -0.1) is 11.3 Å². The van der Waals surface area contributed by atoms with E-state index in [9.17, 15) is 4.79 Å². The van der Waals surface area contributed by atoms with Crippen LogP contribution in [0.1, 0.15) is 5.69 Å². The van der Waals surface area contributed by atoms with E-state index in [0.717, 1.165) is 5.69 Å². The molecule has 2 rings (SSSR count). The summed E-state index contributed by atoms with van der Waals surface area (Å²) in [6, 6.07) is 0. The number of hydrogen-bond acceptors (Lipinski definition) is 5. The van der Waals surface area contributed by atoms with E-state index in [0.29, 0.717) is 11.7 Å². The van der Waals surface area contributed by atoms with Crippen LogP contribution >= 0.6 is 31.7 Å². The van der Waals surface area contributed by atoms with Crippen molar-refractivity contribution in [2.75, 3.05) is 18.0 Å². The summed E-state index contributed by atoms with van der Waals surface area (Å²) in [5.41, 5.74) is 9.04. The summed E-state index contributed by atoms with van der Waals surface area (Å²) in [5, 5.41) is 5.86. The average Bonchev–Trinajstić information content (AvgIpc) is 2.95. The third-order valence-electron chi connectivity index (χ3n) is 2.06. The topological polar surface area (TPSA) is 91.2 Å². The van der Waals surface area contributed by atoms with Gasteiger partial charge in [0.15, 0.2) is 5.13 Å². The molecule has 1 aromatic rings. The Balaban J connectivity index is 0.000000771. The normalized spacial score (nSPS) is 17.7. The molecule has 1 fully saturated rings. The number of amides is 1. The maximum absolute atomic E-state index is 11.5. The van der Waals surface area contributed by atoms with Gasteiger partial charge < -0.3 is 4.74 Å². The molecule has 0 unspecified atom stereocenters. The van der Waals surface area contributed by atoms with E-state index in [2.05, 4.69) is 27.8 Å². The number of carbonyl (C=O) groups is 1. The van der Waals surface area contributed by atoms with Crippen LogP contribution in [0.25, 0.3) is 10.4 Å². The Hall–Kier alpha value is -0.541. The van der Waals surface area contributed by atoms with Gasteiger partial charge in [-0.2, -0.15) is 0 Å². The zero-order chi connectivity index (χ0) is 13.5. The minimum absolute atomic E-state index is 0.156. The van der Waals surface area contributed by atoms with Crippen LogP contribution < -0.4 is 4.90 Å². The molecule has 1 aromatic heterocycles. The number of nitrogens with zero attached hydrogens (tertiary/aromatic N) is 5. The first-order chi connectivity index (χ1) is 8.70. The van der Waals surface area contributed by atoms with Gasteiger partial charge in [0.1, 0.15) is 6.10 Å². The Morgan fingerprint density at radius 3 is 3.11 bits per heavy atom. The van der Waals surface area contributed by atoms with E-state index in [-0.39, 0.29) is 12.6 Å². The van der Waals surface area contributed by atoms with Gasteiger partial charge in [-0.05, 0) is 12.5 Å². The second-order valence-corrected chi connectivity index (χ2v) is 4.14. The number of azide groups is 1. The summed E-state index contributed by atoms with van der Waals surface area (Å²) >= 11 is 7.26. The molecule has 1 amide bonds. The number of rotatable bonds is 3. The molecule has 0 N–H and O–H groups in total. The third-order valence-corrected chi connectivity index (χ3v) is 3.04. The number of carbonyl (C=O) groups excluding carboxylic acids is 1. The summed E-state index contributed by atoms with van der Waals surface area (Å²) in [4.78, 5) is 19.8. The molecule has 0 saturated carbocycles. The SMILES string of the molecule is Cc1csc(N2C[C@H](CN=[N+]=[N-])OC2=O)n1.[Cu][I]. The van der Waals surface area contributed by atoms with Gasteiger partial charge >= 0.3 is 39.2 Å². The van der Waals surface area contributed by atoms with Crippen molar-refractivity contribution >= 4 is 42.9 Å². The van der Waals surface area contributed by atoms with Crippen LogP contribution in [0.3, 0.4) is 0 Å². The maximum atomic E-state index is 11.5. The molecule has 18 heavy (non-hydrogen) atoms.